The van der Waals surface area contributed by atoms with Crippen LogP contribution in [0.5, 0.6) is 0 Å². The van der Waals surface area contributed by atoms with Gasteiger partial charge in [-0.2, -0.15) is 0 Å². The summed E-state index contributed by atoms with van der Waals surface area (Å²) < 4.78 is 0. The summed E-state index contributed by atoms with van der Waals surface area (Å²) in [4.78, 5) is 16.3. The zero-order valence-corrected chi connectivity index (χ0v) is 12.2. The molecule has 1 aliphatic rings. The molecule has 1 aliphatic heterocycles. The Balaban J connectivity index is 2.02. The van der Waals surface area contributed by atoms with Crippen molar-refractivity contribution in [2.75, 3.05) is 13.1 Å². The lowest BCUT2D eigenvalue weighted by atomic mass is 10.1. The highest BCUT2D eigenvalue weighted by atomic mass is 16.2. The molecule has 1 saturated heterocycles. The van der Waals surface area contributed by atoms with Crippen LogP contribution in [-0.2, 0) is 11.3 Å². The third-order valence-corrected chi connectivity index (χ3v) is 3.96. The highest BCUT2D eigenvalue weighted by Gasteiger charge is 2.30. The predicted molar refractivity (Wildman–Crippen MR) is 77.8 cm³/mol. The molecule has 0 saturated carbocycles. The Bertz CT molecular complexity index is 406. The number of benzene rings is 1. The molecule has 1 aromatic rings. The lowest BCUT2D eigenvalue weighted by molar-refractivity contribution is -0.135. The van der Waals surface area contributed by atoms with Crippen LogP contribution >= 0.6 is 0 Å². The van der Waals surface area contributed by atoms with Crippen LogP contribution in [0.25, 0.3) is 0 Å². The molecule has 1 amide bonds. The molecule has 0 bridgehead atoms. The zero-order chi connectivity index (χ0) is 13.8. The largest absolute Gasteiger partial charge is 0.340 e. The van der Waals surface area contributed by atoms with E-state index in [1.165, 1.54) is 5.56 Å². The van der Waals surface area contributed by atoms with E-state index < -0.39 is 0 Å². The molecule has 2 atom stereocenters. The maximum Gasteiger partial charge on any atom is 0.222 e. The summed E-state index contributed by atoms with van der Waals surface area (Å²) in [6.07, 6.45) is 0.609. The van der Waals surface area contributed by atoms with Crippen molar-refractivity contribution in [2.24, 2.45) is 0 Å². The van der Waals surface area contributed by atoms with Gasteiger partial charge in [0.1, 0.15) is 0 Å². The molecule has 1 fully saturated rings. The summed E-state index contributed by atoms with van der Waals surface area (Å²) in [6.45, 7) is 9.04. The minimum absolute atomic E-state index is 0.276. The Hall–Kier alpha value is -1.35. The van der Waals surface area contributed by atoms with Gasteiger partial charge in [0.2, 0.25) is 5.91 Å². The molecule has 2 rings (SSSR count). The fraction of sp³-hybridized carbons (Fsp3) is 0.562. The lowest BCUT2D eigenvalue weighted by Crippen LogP contribution is -2.57. The number of hydrogen-bond donors (Lipinski definition) is 0. The van der Waals surface area contributed by atoms with Crippen LogP contribution in [0.4, 0.5) is 0 Å². The fourth-order valence-electron chi connectivity index (χ4n) is 2.89. The van der Waals surface area contributed by atoms with E-state index in [4.69, 9.17) is 0 Å². The van der Waals surface area contributed by atoms with Gasteiger partial charge in [-0.25, -0.2) is 0 Å². The number of nitrogens with zero attached hydrogens (tertiary/aromatic N) is 2. The maximum absolute atomic E-state index is 11.8. The quantitative estimate of drug-likeness (QED) is 0.833. The van der Waals surface area contributed by atoms with E-state index in [1.54, 1.807) is 0 Å². The number of rotatable bonds is 3. The summed E-state index contributed by atoms with van der Waals surface area (Å²) in [5, 5.41) is 0. The van der Waals surface area contributed by atoms with Crippen LogP contribution in [0.15, 0.2) is 30.3 Å². The van der Waals surface area contributed by atoms with Gasteiger partial charge in [-0.3, -0.25) is 9.69 Å². The van der Waals surface area contributed by atoms with E-state index in [0.717, 1.165) is 19.6 Å². The first-order valence-electron chi connectivity index (χ1n) is 7.19. The van der Waals surface area contributed by atoms with Gasteiger partial charge in [0.25, 0.3) is 0 Å². The van der Waals surface area contributed by atoms with Gasteiger partial charge in [-0.15, -0.1) is 0 Å². The minimum atomic E-state index is 0.276. The molecule has 0 spiro atoms. The van der Waals surface area contributed by atoms with Crippen molar-refractivity contribution >= 4 is 5.91 Å². The second-order valence-electron chi connectivity index (χ2n) is 5.51. The van der Waals surface area contributed by atoms with Gasteiger partial charge in [-0.1, -0.05) is 37.3 Å². The Morgan fingerprint density at radius 2 is 1.74 bits per heavy atom. The Labute approximate surface area is 116 Å². The van der Waals surface area contributed by atoms with Crippen molar-refractivity contribution in [2.45, 2.75) is 45.8 Å². The van der Waals surface area contributed by atoms with Crippen molar-refractivity contribution in [3.8, 4) is 0 Å². The number of carbonyl (C=O) groups excluding carboxylic acids is 1. The highest BCUT2D eigenvalue weighted by Crippen LogP contribution is 2.19. The molecule has 0 N–H and O–H groups in total. The van der Waals surface area contributed by atoms with Crippen LogP contribution in [-0.4, -0.2) is 40.9 Å². The third kappa shape index (κ3) is 3.35. The molecule has 0 unspecified atom stereocenters. The van der Waals surface area contributed by atoms with Gasteiger partial charge in [0.15, 0.2) is 0 Å². The zero-order valence-electron chi connectivity index (χ0n) is 12.2. The van der Waals surface area contributed by atoms with Gasteiger partial charge >= 0.3 is 0 Å². The highest BCUT2D eigenvalue weighted by molar-refractivity contribution is 5.76. The van der Waals surface area contributed by atoms with Crippen LogP contribution in [0.1, 0.15) is 32.8 Å². The standard InChI is InChI=1S/C16H24N2O/c1-4-16(19)17-10-13(2)18(14(3)11-17)12-15-8-6-5-7-9-15/h5-9,13-14H,4,10-12H2,1-3H3/t13-,14-/m1/s1. The smallest absolute Gasteiger partial charge is 0.222 e. The van der Waals surface area contributed by atoms with Crippen LogP contribution in [0.3, 0.4) is 0 Å². The van der Waals surface area contributed by atoms with Crippen LogP contribution in [0.2, 0.25) is 0 Å². The van der Waals surface area contributed by atoms with Crippen LogP contribution < -0.4 is 0 Å². The molecule has 104 valence electrons. The van der Waals surface area contributed by atoms with E-state index in [-0.39, 0.29) is 5.91 Å². The molecule has 0 radical (unpaired) electrons. The van der Waals surface area contributed by atoms with E-state index in [2.05, 4.69) is 43.0 Å². The summed E-state index contributed by atoms with van der Waals surface area (Å²) in [6, 6.07) is 11.4. The molecule has 1 aromatic carbocycles. The number of amides is 1. The normalized spacial score (nSPS) is 24.5. The molecular formula is C16H24N2O. The SMILES string of the molecule is CCC(=O)N1C[C@@H](C)N(Cc2ccccc2)[C@H](C)C1. The van der Waals surface area contributed by atoms with E-state index in [9.17, 15) is 4.79 Å². The van der Waals surface area contributed by atoms with E-state index >= 15 is 0 Å². The predicted octanol–water partition coefficient (Wildman–Crippen LogP) is 2.52. The molecule has 0 aliphatic carbocycles. The minimum Gasteiger partial charge on any atom is -0.340 e. The van der Waals surface area contributed by atoms with Crippen molar-refractivity contribution in [3.05, 3.63) is 35.9 Å². The maximum atomic E-state index is 11.8. The van der Waals surface area contributed by atoms with Crippen LogP contribution in [0, 0.1) is 0 Å². The van der Waals surface area contributed by atoms with Crippen molar-refractivity contribution in [1.82, 2.24) is 9.80 Å². The van der Waals surface area contributed by atoms with Gasteiger partial charge in [0, 0.05) is 38.1 Å². The number of hydrogen-bond acceptors (Lipinski definition) is 2. The average Bonchev–Trinajstić information content (AvgIpc) is 2.43. The topological polar surface area (TPSA) is 23.6 Å². The molecule has 3 heteroatoms. The van der Waals surface area contributed by atoms with Gasteiger partial charge in [-0.05, 0) is 19.4 Å². The van der Waals surface area contributed by atoms with Crippen molar-refractivity contribution in [3.63, 3.8) is 0 Å². The fourth-order valence-corrected chi connectivity index (χ4v) is 2.89. The van der Waals surface area contributed by atoms with Crippen molar-refractivity contribution < 1.29 is 4.79 Å². The molecule has 1 heterocycles. The second-order valence-corrected chi connectivity index (χ2v) is 5.51. The van der Waals surface area contributed by atoms with Crippen molar-refractivity contribution in [1.29, 1.82) is 0 Å². The lowest BCUT2D eigenvalue weighted by Gasteiger charge is -2.44. The number of carbonyl (C=O) groups is 1. The Morgan fingerprint density at radius 3 is 2.26 bits per heavy atom. The second kappa shape index (κ2) is 6.20. The first kappa shape index (κ1) is 14.1. The molecule has 3 nitrogen and oxygen atoms in total. The summed E-state index contributed by atoms with van der Waals surface area (Å²) in [5.41, 5.74) is 1.34. The van der Waals surface area contributed by atoms with E-state index in [1.807, 2.05) is 17.9 Å². The van der Waals surface area contributed by atoms with Gasteiger partial charge < -0.3 is 4.90 Å². The monoisotopic (exact) mass is 260 g/mol. The third-order valence-electron chi connectivity index (χ3n) is 3.96. The first-order valence-corrected chi connectivity index (χ1v) is 7.19. The summed E-state index contributed by atoms with van der Waals surface area (Å²) in [7, 11) is 0. The first-order chi connectivity index (χ1) is 9.11. The Morgan fingerprint density at radius 1 is 1.16 bits per heavy atom. The molecule has 19 heavy (non-hydrogen) atoms. The molecule has 0 aromatic heterocycles. The van der Waals surface area contributed by atoms with Gasteiger partial charge in [0.05, 0.1) is 0 Å². The summed E-state index contributed by atoms with van der Waals surface area (Å²) in [5.74, 6) is 0.276. The van der Waals surface area contributed by atoms with E-state index in [0.29, 0.717) is 18.5 Å². The number of piperazine rings is 1. The average molecular weight is 260 g/mol. The molecular weight excluding hydrogens is 236 g/mol. The Kier molecular flexibility index (Phi) is 4.59. The summed E-state index contributed by atoms with van der Waals surface area (Å²) >= 11 is 0.